The fourth-order valence-corrected chi connectivity index (χ4v) is 2.49. The summed E-state index contributed by atoms with van der Waals surface area (Å²) in [5, 5.41) is 0.179. The van der Waals surface area contributed by atoms with E-state index < -0.39 is 0 Å². The number of amides is 1. The molecule has 1 aromatic rings. The summed E-state index contributed by atoms with van der Waals surface area (Å²) < 4.78 is 4.93. The van der Waals surface area contributed by atoms with Crippen LogP contribution < -0.4 is 0 Å². The predicted molar refractivity (Wildman–Crippen MR) is 66.1 cm³/mol. The van der Waals surface area contributed by atoms with Gasteiger partial charge in [-0.25, -0.2) is 0 Å². The van der Waals surface area contributed by atoms with E-state index in [0.29, 0.717) is 16.3 Å². The number of carbonyl (C=O) groups is 1. The van der Waals surface area contributed by atoms with Gasteiger partial charge in [-0.2, -0.15) is 0 Å². The number of hydrogen-bond donors (Lipinski definition) is 0. The molecule has 2 unspecified atom stereocenters. The van der Waals surface area contributed by atoms with Gasteiger partial charge in [0.15, 0.2) is 0 Å². The highest BCUT2D eigenvalue weighted by molar-refractivity contribution is 9.09. The maximum absolute atomic E-state index is 12.1. The number of halogens is 2. The highest BCUT2D eigenvalue weighted by Crippen LogP contribution is 2.26. The van der Waals surface area contributed by atoms with Crippen LogP contribution in [0.15, 0.2) is 16.7 Å². The largest absolute Gasteiger partial charge is 0.452 e. The highest BCUT2D eigenvalue weighted by Gasteiger charge is 2.28. The van der Waals surface area contributed by atoms with Gasteiger partial charge < -0.3 is 9.32 Å². The van der Waals surface area contributed by atoms with E-state index in [9.17, 15) is 4.79 Å². The van der Waals surface area contributed by atoms with Crippen LogP contribution in [0.5, 0.6) is 0 Å². The Hall–Kier alpha value is -0.480. The molecule has 0 radical (unpaired) electrons. The molecule has 0 saturated carbocycles. The third kappa shape index (κ3) is 2.28. The summed E-state index contributed by atoms with van der Waals surface area (Å²) in [5.74, 6) is 0.424. The number of carbonyl (C=O) groups excluding carboxylic acids is 1. The summed E-state index contributed by atoms with van der Waals surface area (Å²) in [6, 6.07) is 1.62. The first-order chi connectivity index (χ1) is 7.59. The summed E-state index contributed by atoms with van der Waals surface area (Å²) in [4.78, 5) is 14.4. The van der Waals surface area contributed by atoms with Crippen molar-refractivity contribution < 1.29 is 9.21 Å². The van der Waals surface area contributed by atoms with Gasteiger partial charge in [0, 0.05) is 17.9 Å². The van der Waals surface area contributed by atoms with Crippen molar-refractivity contribution in [2.45, 2.75) is 18.2 Å². The molecule has 0 N–H and O–H groups in total. The number of nitrogens with zero attached hydrogens (tertiary/aromatic N) is 1. The standard InChI is InChI=1S/C11H13BrClNO2/c1-7-6-14(4-2-9(7)12)11(15)8-3-5-16-10(8)13/h3,5,7,9H,2,4,6H2,1H3. The number of hydrogen-bond acceptors (Lipinski definition) is 2. The molecule has 1 fully saturated rings. The second-order valence-corrected chi connectivity index (χ2v) is 5.66. The van der Waals surface area contributed by atoms with Crippen LogP contribution in [0.2, 0.25) is 5.22 Å². The smallest absolute Gasteiger partial charge is 0.258 e. The molecular formula is C11H13BrClNO2. The molecule has 1 saturated heterocycles. The van der Waals surface area contributed by atoms with E-state index in [0.717, 1.165) is 19.5 Å². The van der Waals surface area contributed by atoms with Gasteiger partial charge in [0.25, 0.3) is 5.91 Å². The van der Waals surface area contributed by atoms with Crippen LogP contribution in [-0.4, -0.2) is 28.7 Å². The first-order valence-corrected chi connectivity index (χ1v) is 6.55. The van der Waals surface area contributed by atoms with Gasteiger partial charge in [-0.15, -0.1) is 0 Å². The first-order valence-electron chi connectivity index (χ1n) is 5.26. The molecule has 0 bridgehead atoms. The Kier molecular flexibility index (Phi) is 3.60. The number of furan rings is 1. The zero-order valence-corrected chi connectivity index (χ0v) is 11.3. The lowest BCUT2D eigenvalue weighted by Gasteiger charge is -2.34. The van der Waals surface area contributed by atoms with Crippen molar-refractivity contribution in [1.82, 2.24) is 4.90 Å². The molecule has 0 aliphatic carbocycles. The van der Waals surface area contributed by atoms with Crippen LogP contribution in [-0.2, 0) is 0 Å². The fourth-order valence-electron chi connectivity index (χ4n) is 1.92. The van der Waals surface area contributed by atoms with Crippen LogP contribution in [0.3, 0.4) is 0 Å². The van der Waals surface area contributed by atoms with Crippen molar-refractivity contribution >= 4 is 33.4 Å². The second-order valence-electron chi connectivity index (χ2n) is 4.14. The van der Waals surface area contributed by atoms with Crippen molar-refractivity contribution in [3.63, 3.8) is 0 Å². The normalized spacial score (nSPS) is 25.8. The van der Waals surface area contributed by atoms with Crippen LogP contribution >= 0.6 is 27.5 Å². The summed E-state index contributed by atoms with van der Waals surface area (Å²) >= 11 is 9.41. The fraction of sp³-hybridized carbons (Fsp3) is 0.545. The Bertz CT molecular complexity index is 393. The third-order valence-corrected chi connectivity index (χ3v) is 4.59. The molecule has 2 rings (SSSR count). The zero-order chi connectivity index (χ0) is 11.7. The van der Waals surface area contributed by atoms with Gasteiger partial charge in [0.2, 0.25) is 5.22 Å². The minimum Gasteiger partial charge on any atom is -0.452 e. The molecule has 3 nitrogen and oxygen atoms in total. The third-order valence-electron chi connectivity index (χ3n) is 2.94. The summed E-state index contributed by atoms with van der Waals surface area (Å²) in [6.45, 7) is 3.66. The highest BCUT2D eigenvalue weighted by atomic mass is 79.9. The van der Waals surface area contributed by atoms with Crippen molar-refractivity contribution in [3.05, 3.63) is 23.1 Å². The summed E-state index contributed by atoms with van der Waals surface area (Å²) in [7, 11) is 0. The average molecular weight is 307 g/mol. The van der Waals surface area contributed by atoms with E-state index in [4.69, 9.17) is 16.0 Å². The quantitative estimate of drug-likeness (QED) is 0.747. The number of likely N-dealkylation sites (tertiary alicyclic amines) is 1. The Morgan fingerprint density at radius 1 is 1.69 bits per heavy atom. The monoisotopic (exact) mass is 305 g/mol. The van der Waals surface area contributed by atoms with E-state index >= 15 is 0 Å². The summed E-state index contributed by atoms with van der Waals surface area (Å²) in [6.07, 6.45) is 2.42. The molecular weight excluding hydrogens is 293 g/mol. The maximum Gasteiger partial charge on any atom is 0.258 e. The molecule has 1 amide bonds. The lowest BCUT2D eigenvalue weighted by Crippen LogP contribution is -2.43. The number of alkyl halides is 1. The van der Waals surface area contributed by atoms with E-state index in [2.05, 4.69) is 22.9 Å². The molecule has 2 atom stereocenters. The molecule has 5 heteroatoms. The Morgan fingerprint density at radius 2 is 2.44 bits per heavy atom. The van der Waals surface area contributed by atoms with E-state index in [1.54, 1.807) is 6.07 Å². The molecule has 2 heterocycles. The van der Waals surface area contributed by atoms with Crippen molar-refractivity contribution in [1.29, 1.82) is 0 Å². The topological polar surface area (TPSA) is 33.5 Å². The average Bonchev–Trinajstić information content (AvgIpc) is 2.67. The zero-order valence-electron chi connectivity index (χ0n) is 8.95. The van der Waals surface area contributed by atoms with Crippen molar-refractivity contribution in [2.75, 3.05) is 13.1 Å². The Balaban J connectivity index is 2.09. The first kappa shape index (κ1) is 12.0. The Labute approximate surface area is 108 Å². The van der Waals surface area contributed by atoms with E-state index in [1.165, 1.54) is 6.26 Å². The van der Waals surface area contributed by atoms with Crippen molar-refractivity contribution in [3.8, 4) is 0 Å². The lowest BCUT2D eigenvalue weighted by atomic mass is 9.99. The second kappa shape index (κ2) is 4.80. The minimum atomic E-state index is -0.0370. The number of piperidine rings is 1. The van der Waals surface area contributed by atoms with Crippen molar-refractivity contribution in [2.24, 2.45) is 5.92 Å². The maximum atomic E-state index is 12.1. The van der Waals surface area contributed by atoms with Crippen LogP contribution in [0.4, 0.5) is 0 Å². The molecule has 0 aromatic carbocycles. The van der Waals surface area contributed by atoms with E-state index in [-0.39, 0.29) is 11.1 Å². The summed E-state index contributed by atoms with van der Waals surface area (Å²) in [5.41, 5.74) is 0.460. The van der Waals surface area contributed by atoms with E-state index in [1.807, 2.05) is 4.90 Å². The number of rotatable bonds is 1. The minimum absolute atomic E-state index is 0.0370. The SMILES string of the molecule is CC1CN(C(=O)c2ccoc2Cl)CCC1Br. The van der Waals surface area contributed by atoms with Gasteiger partial charge in [0.05, 0.1) is 11.8 Å². The molecule has 1 aromatic heterocycles. The predicted octanol–water partition coefficient (Wildman–Crippen LogP) is 3.18. The molecule has 1 aliphatic heterocycles. The van der Waals surface area contributed by atoms with Crippen LogP contribution in [0.25, 0.3) is 0 Å². The van der Waals surface area contributed by atoms with Gasteiger partial charge in [-0.05, 0) is 30.0 Å². The Morgan fingerprint density at radius 3 is 3.00 bits per heavy atom. The molecule has 0 spiro atoms. The van der Waals surface area contributed by atoms with Gasteiger partial charge in [-0.3, -0.25) is 4.79 Å². The molecule has 88 valence electrons. The van der Waals surface area contributed by atoms with Crippen LogP contribution in [0.1, 0.15) is 23.7 Å². The molecule has 16 heavy (non-hydrogen) atoms. The lowest BCUT2D eigenvalue weighted by molar-refractivity contribution is 0.0690. The van der Waals surface area contributed by atoms with Gasteiger partial charge in [0.1, 0.15) is 0 Å². The van der Waals surface area contributed by atoms with Gasteiger partial charge >= 0.3 is 0 Å². The molecule has 1 aliphatic rings. The van der Waals surface area contributed by atoms with Crippen LogP contribution in [0, 0.1) is 5.92 Å². The van der Waals surface area contributed by atoms with Gasteiger partial charge in [-0.1, -0.05) is 22.9 Å².